The van der Waals surface area contributed by atoms with Crippen LogP contribution in [-0.4, -0.2) is 43.2 Å². The Bertz CT molecular complexity index is 860. The minimum atomic E-state index is 0.0352. The van der Waals surface area contributed by atoms with Crippen LogP contribution >= 0.6 is 0 Å². The maximum atomic E-state index is 12.6. The van der Waals surface area contributed by atoms with Gasteiger partial charge in [-0.2, -0.15) is 0 Å². The second-order valence-electron chi connectivity index (χ2n) is 6.60. The Kier molecular flexibility index (Phi) is 4.41. The highest BCUT2D eigenvalue weighted by Gasteiger charge is 2.22. The number of amides is 1. The molecule has 6 heteroatoms. The molecule has 1 aliphatic rings. The van der Waals surface area contributed by atoms with Crippen molar-refractivity contribution in [1.29, 1.82) is 0 Å². The molecule has 3 aromatic heterocycles. The SMILES string of the molecule is O=C(c1cncnc1)N1CCC[C@H](Cc2nccn3cccc23)CC1. The Morgan fingerprint density at radius 2 is 2.04 bits per heavy atom. The van der Waals surface area contributed by atoms with E-state index in [9.17, 15) is 4.79 Å². The van der Waals surface area contributed by atoms with E-state index < -0.39 is 0 Å². The topological polar surface area (TPSA) is 63.4 Å². The highest BCUT2D eigenvalue weighted by Crippen LogP contribution is 2.24. The first-order valence-electron chi connectivity index (χ1n) is 8.76. The van der Waals surface area contributed by atoms with Crippen LogP contribution in [0.1, 0.15) is 35.3 Å². The molecule has 1 fully saturated rings. The van der Waals surface area contributed by atoms with E-state index in [0.29, 0.717) is 11.5 Å². The zero-order valence-electron chi connectivity index (χ0n) is 14.1. The van der Waals surface area contributed by atoms with Gasteiger partial charge >= 0.3 is 0 Å². The number of aromatic nitrogens is 4. The van der Waals surface area contributed by atoms with Gasteiger partial charge in [0.2, 0.25) is 0 Å². The number of nitrogens with zero attached hydrogens (tertiary/aromatic N) is 5. The lowest BCUT2D eigenvalue weighted by molar-refractivity contribution is 0.0759. The standard InChI is InChI=1S/C19H21N5O/c25-19(16-12-20-14-21-13-16)24-8-1-3-15(5-9-24)11-17-18-4-2-7-23(18)10-6-22-17/h2,4,6-7,10,12-15H,1,3,5,8-9,11H2/t15-/m0/s1. The fraction of sp³-hybridized carbons (Fsp3) is 0.368. The number of likely N-dealkylation sites (tertiary alicyclic amines) is 1. The fourth-order valence-corrected chi connectivity index (χ4v) is 3.63. The van der Waals surface area contributed by atoms with Gasteiger partial charge in [0.05, 0.1) is 16.8 Å². The lowest BCUT2D eigenvalue weighted by Gasteiger charge is -2.20. The lowest BCUT2D eigenvalue weighted by Crippen LogP contribution is -2.32. The molecule has 3 aromatic rings. The Balaban J connectivity index is 1.43. The molecular weight excluding hydrogens is 314 g/mol. The van der Waals surface area contributed by atoms with Crippen LogP contribution in [0, 0.1) is 5.92 Å². The van der Waals surface area contributed by atoms with Crippen molar-refractivity contribution in [3.05, 3.63) is 60.7 Å². The van der Waals surface area contributed by atoms with Gasteiger partial charge in [0, 0.05) is 44.1 Å². The van der Waals surface area contributed by atoms with Gasteiger partial charge in [-0.25, -0.2) is 9.97 Å². The van der Waals surface area contributed by atoms with Crippen LogP contribution < -0.4 is 0 Å². The van der Waals surface area contributed by atoms with E-state index in [1.54, 1.807) is 12.4 Å². The van der Waals surface area contributed by atoms with Gasteiger partial charge in [0.15, 0.2) is 0 Å². The summed E-state index contributed by atoms with van der Waals surface area (Å²) in [7, 11) is 0. The zero-order valence-corrected chi connectivity index (χ0v) is 14.1. The molecule has 0 saturated carbocycles. The van der Waals surface area contributed by atoms with Crippen molar-refractivity contribution in [2.45, 2.75) is 25.7 Å². The first kappa shape index (κ1) is 15.7. The summed E-state index contributed by atoms with van der Waals surface area (Å²) in [6, 6.07) is 4.17. The molecule has 0 unspecified atom stereocenters. The summed E-state index contributed by atoms with van der Waals surface area (Å²) in [5.74, 6) is 0.589. The minimum absolute atomic E-state index is 0.0352. The normalized spacial score (nSPS) is 18.2. The first-order chi connectivity index (χ1) is 12.3. The molecule has 4 rings (SSSR count). The first-order valence-corrected chi connectivity index (χ1v) is 8.76. The van der Waals surface area contributed by atoms with Crippen molar-refractivity contribution in [3.63, 3.8) is 0 Å². The van der Waals surface area contributed by atoms with Gasteiger partial charge in [-0.15, -0.1) is 0 Å². The van der Waals surface area contributed by atoms with Crippen LogP contribution in [0.25, 0.3) is 5.52 Å². The van der Waals surface area contributed by atoms with Crippen LogP contribution in [0.5, 0.6) is 0 Å². The van der Waals surface area contributed by atoms with E-state index in [1.807, 2.05) is 17.3 Å². The number of rotatable bonds is 3. The van der Waals surface area contributed by atoms with Crippen molar-refractivity contribution in [3.8, 4) is 0 Å². The molecular formula is C19H21N5O. The van der Waals surface area contributed by atoms with Gasteiger partial charge in [0.1, 0.15) is 6.33 Å². The van der Waals surface area contributed by atoms with E-state index in [2.05, 4.69) is 37.7 Å². The largest absolute Gasteiger partial charge is 0.339 e. The fourth-order valence-electron chi connectivity index (χ4n) is 3.63. The van der Waals surface area contributed by atoms with Gasteiger partial charge in [-0.3, -0.25) is 9.78 Å². The van der Waals surface area contributed by atoms with Gasteiger partial charge in [-0.05, 0) is 43.7 Å². The van der Waals surface area contributed by atoms with Crippen molar-refractivity contribution in [2.24, 2.45) is 5.92 Å². The monoisotopic (exact) mass is 335 g/mol. The summed E-state index contributed by atoms with van der Waals surface area (Å²) in [6.45, 7) is 1.58. The predicted octanol–water partition coefficient (Wildman–Crippen LogP) is 2.61. The third-order valence-electron chi connectivity index (χ3n) is 4.96. The molecule has 128 valence electrons. The molecule has 0 aromatic carbocycles. The quantitative estimate of drug-likeness (QED) is 0.738. The van der Waals surface area contributed by atoms with Crippen molar-refractivity contribution in [1.82, 2.24) is 24.3 Å². The molecule has 6 nitrogen and oxygen atoms in total. The van der Waals surface area contributed by atoms with E-state index >= 15 is 0 Å². The molecule has 1 aliphatic heterocycles. The number of carbonyl (C=O) groups is 1. The maximum Gasteiger partial charge on any atom is 0.256 e. The van der Waals surface area contributed by atoms with E-state index in [0.717, 1.165) is 44.5 Å². The summed E-state index contributed by atoms with van der Waals surface area (Å²) in [5, 5.41) is 0. The molecule has 25 heavy (non-hydrogen) atoms. The summed E-state index contributed by atoms with van der Waals surface area (Å²) in [4.78, 5) is 27.0. The third kappa shape index (κ3) is 3.38. The Hall–Kier alpha value is -2.76. The number of carbonyl (C=O) groups excluding carboxylic acids is 1. The summed E-state index contributed by atoms with van der Waals surface area (Å²) in [6.07, 6.45) is 14.6. The second kappa shape index (κ2) is 7.01. The van der Waals surface area contributed by atoms with Crippen LogP contribution in [-0.2, 0) is 6.42 Å². The number of fused-ring (bicyclic) bond motifs is 1. The molecule has 0 N–H and O–H groups in total. The Morgan fingerprint density at radius 1 is 1.16 bits per heavy atom. The highest BCUT2D eigenvalue weighted by atomic mass is 16.2. The van der Waals surface area contributed by atoms with Crippen molar-refractivity contribution < 1.29 is 4.79 Å². The lowest BCUT2D eigenvalue weighted by atomic mass is 9.95. The van der Waals surface area contributed by atoms with Crippen LogP contribution in [0.4, 0.5) is 0 Å². The van der Waals surface area contributed by atoms with Gasteiger partial charge in [-0.1, -0.05) is 0 Å². The van der Waals surface area contributed by atoms with Crippen LogP contribution in [0.2, 0.25) is 0 Å². The molecule has 1 atom stereocenters. The van der Waals surface area contributed by atoms with Crippen LogP contribution in [0.3, 0.4) is 0 Å². The maximum absolute atomic E-state index is 12.6. The molecule has 0 spiro atoms. The number of hydrogen-bond donors (Lipinski definition) is 0. The second-order valence-corrected chi connectivity index (χ2v) is 6.60. The minimum Gasteiger partial charge on any atom is -0.339 e. The predicted molar refractivity (Wildman–Crippen MR) is 94.2 cm³/mol. The average Bonchev–Trinajstić information content (AvgIpc) is 3.02. The van der Waals surface area contributed by atoms with Crippen molar-refractivity contribution >= 4 is 11.4 Å². The van der Waals surface area contributed by atoms with E-state index in [4.69, 9.17) is 0 Å². The average molecular weight is 335 g/mol. The van der Waals surface area contributed by atoms with Crippen LogP contribution in [0.15, 0.2) is 49.4 Å². The molecule has 0 aliphatic carbocycles. The van der Waals surface area contributed by atoms with E-state index in [-0.39, 0.29) is 5.91 Å². The Labute approximate surface area is 146 Å². The Morgan fingerprint density at radius 3 is 2.92 bits per heavy atom. The van der Waals surface area contributed by atoms with Gasteiger partial charge < -0.3 is 9.30 Å². The molecule has 0 radical (unpaired) electrons. The zero-order chi connectivity index (χ0) is 17.1. The summed E-state index contributed by atoms with van der Waals surface area (Å²) in [5.41, 5.74) is 2.90. The highest BCUT2D eigenvalue weighted by molar-refractivity contribution is 5.93. The summed E-state index contributed by atoms with van der Waals surface area (Å²) >= 11 is 0. The van der Waals surface area contributed by atoms with Crippen molar-refractivity contribution in [2.75, 3.05) is 13.1 Å². The molecule has 1 amide bonds. The summed E-state index contributed by atoms with van der Waals surface area (Å²) < 4.78 is 2.12. The molecule has 4 heterocycles. The molecule has 1 saturated heterocycles. The number of hydrogen-bond acceptors (Lipinski definition) is 4. The third-order valence-corrected chi connectivity index (χ3v) is 4.96. The van der Waals surface area contributed by atoms with Gasteiger partial charge in [0.25, 0.3) is 5.91 Å². The molecule has 0 bridgehead atoms. The van der Waals surface area contributed by atoms with E-state index in [1.165, 1.54) is 11.8 Å². The smallest absolute Gasteiger partial charge is 0.256 e.